The molecule has 0 aromatic rings. The molecule has 0 aromatic carbocycles. The van der Waals surface area contributed by atoms with Crippen LogP contribution in [0.1, 0.15) is 19.8 Å². The molecule has 0 spiro atoms. The third-order valence-electron chi connectivity index (χ3n) is 3.16. The van der Waals surface area contributed by atoms with E-state index >= 15 is 0 Å². The molecule has 1 aliphatic rings. The molecule has 0 aromatic heterocycles. The van der Waals surface area contributed by atoms with Crippen molar-refractivity contribution in [1.82, 2.24) is 0 Å². The number of hydrogen-bond donors (Lipinski definition) is 0. The molecule has 0 saturated carbocycles. The summed E-state index contributed by atoms with van der Waals surface area (Å²) in [5.41, 5.74) is 2.23. The predicted octanol–water partition coefficient (Wildman–Crippen LogP) is -1.41. The van der Waals surface area contributed by atoms with Crippen LogP contribution in [0, 0.1) is 0 Å². The Bertz CT molecular complexity index is 349. The van der Waals surface area contributed by atoms with Gasteiger partial charge in [0, 0.05) is 0 Å². The maximum Gasteiger partial charge on any atom is -1.00 e. The minimum atomic E-state index is -1.62. The van der Waals surface area contributed by atoms with Crippen molar-refractivity contribution < 1.29 is 49.4 Å². The van der Waals surface area contributed by atoms with Gasteiger partial charge in [0.15, 0.2) is 0 Å². The molecule has 19 heavy (non-hydrogen) atoms. The van der Waals surface area contributed by atoms with Gasteiger partial charge in [-0.2, -0.15) is 0 Å². The van der Waals surface area contributed by atoms with Gasteiger partial charge in [0.2, 0.25) is 0 Å². The van der Waals surface area contributed by atoms with E-state index in [4.69, 9.17) is 4.12 Å². The van der Waals surface area contributed by atoms with Crippen LogP contribution in [0.25, 0.3) is 0 Å². The normalized spacial score (nSPS) is 17.1. The van der Waals surface area contributed by atoms with Gasteiger partial charge in [-0.25, -0.2) is 0 Å². The first-order valence-electron chi connectivity index (χ1n) is 6.48. The van der Waals surface area contributed by atoms with E-state index < -0.39 is 16.6 Å². The van der Waals surface area contributed by atoms with Gasteiger partial charge in [0.25, 0.3) is 0 Å². The van der Waals surface area contributed by atoms with E-state index in [0.717, 1.165) is 6.42 Å². The summed E-state index contributed by atoms with van der Waals surface area (Å²) in [4.78, 5) is 0. The average Bonchev–Trinajstić information content (AvgIpc) is 2.48. The molecule has 1 atom stereocenters. The number of halogens is 2. The van der Waals surface area contributed by atoms with Crippen LogP contribution in [-0.4, -0.2) is 16.6 Å². The number of hydrogen-bond acceptors (Lipinski definition) is 1. The minimum Gasteiger partial charge on any atom is -1.00 e. The summed E-state index contributed by atoms with van der Waals surface area (Å²) in [6.07, 6.45) is 6.99. The molecule has 1 rings (SSSR count). The van der Waals surface area contributed by atoms with Crippen molar-refractivity contribution in [1.29, 1.82) is 0 Å². The molecule has 0 radical (unpaired) electrons. The van der Waals surface area contributed by atoms with Crippen LogP contribution in [0.5, 0.6) is 0 Å². The first-order chi connectivity index (χ1) is 7.67. The second-order valence-corrected chi connectivity index (χ2v) is 16.2. The van der Waals surface area contributed by atoms with E-state index in [2.05, 4.69) is 72.2 Å². The Morgan fingerprint density at radius 1 is 1.21 bits per heavy atom. The second-order valence-electron chi connectivity index (χ2n) is 6.32. The maximum atomic E-state index is 6.55. The van der Waals surface area contributed by atoms with Gasteiger partial charge < -0.3 is 24.8 Å². The average molecular weight is 372 g/mol. The van der Waals surface area contributed by atoms with Gasteiger partial charge in [-0.1, -0.05) is 0 Å². The maximum absolute atomic E-state index is 6.55. The van der Waals surface area contributed by atoms with Gasteiger partial charge >= 0.3 is 121 Å². The second kappa shape index (κ2) is 8.57. The molecule has 0 amide bonds. The van der Waals surface area contributed by atoms with Crippen LogP contribution in [0.15, 0.2) is 21.6 Å². The quantitative estimate of drug-likeness (QED) is 0.539. The Labute approximate surface area is 145 Å². The van der Waals surface area contributed by atoms with Gasteiger partial charge in [0.1, 0.15) is 0 Å². The molecule has 1 aliphatic carbocycles. The van der Waals surface area contributed by atoms with Crippen molar-refractivity contribution in [3.05, 3.63) is 21.6 Å². The number of allylic oxidation sites excluding steroid dienone is 4. The van der Waals surface area contributed by atoms with Crippen LogP contribution in [0.4, 0.5) is 0 Å². The molecule has 0 bridgehead atoms. The van der Waals surface area contributed by atoms with E-state index in [1.54, 1.807) is 9.45 Å². The van der Waals surface area contributed by atoms with Crippen molar-refractivity contribution in [2.75, 3.05) is 0 Å². The molecule has 0 saturated heterocycles. The van der Waals surface area contributed by atoms with E-state index in [-0.39, 0.29) is 24.8 Å². The zero-order valence-electron chi connectivity index (χ0n) is 12.8. The molecular formula is C13H25Cl2OSi2Ti. The first kappa shape index (κ1) is 22.4. The minimum absolute atomic E-state index is 0. The third-order valence-corrected chi connectivity index (χ3v) is 10.9. The molecular weight excluding hydrogens is 347 g/mol. The summed E-state index contributed by atoms with van der Waals surface area (Å²) in [5, 5.41) is 0. The first-order valence-corrected chi connectivity index (χ1v) is 13.7. The zero-order chi connectivity index (χ0) is 13.3. The fourth-order valence-electron chi connectivity index (χ4n) is 2.79. The topological polar surface area (TPSA) is 9.23 Å². The largest absolute Gasteiger partial charge is 1.00 e. The van der Waals surface area contributed by atoms with Crippen molar-refractivity contribution >= 4 is 16.6 Å². The van der Waals surface area contributed by atoms with Crippen LogP contribution < -0.4 is 24.8 Å². The van der Waals surface area contributed by atoms with Gasteiger partial charge in [-0.05, 0) is 0 Å². The van der Waals surface area contributed by atoms with Gasteiger partial charge in [-0.15, -0.1) is 0 Å². The Morgan fingerprint density at radius 3 is 2.05 bits per heavy atom. The summed E-state index contributed by atoms with van der Waals surface area (Å²) < 4.78 is 8.10. The summed E-state index contributed by atoms with van der Waals surface area (Å²) in [7, 11) is -3.05. The van der Waals surface area contributed by atoms with Gasteiger partial charge in [-0.3, -0.25) is 0 Å². The van der Waals surface area contributed by atoms with E-state index in [9.17, 15) is 0 Å². The smallest absolute Gasteiger partial charge is 1.00 e. The SMILES string of the molecule is CCC(C1=[C]([Ti+2])CC=C1)[Si](C)(C)O[Si](C)(C)C.[Cl-].[Cl-]. The van der Waals surface area contributed by atoms with Crippen molar-refractivity contribution in [3.8, 4) is 0 Å². The summed E-state index contributed by atoms with van der Waals surface area (Å²) in [6, 6.07) is 0. The van der Waals surface area contributed by atoms with Crippen molar-refractivity contribution in [3.63, 3.8) is 0 Å². The fraction of sp³-hybridized carbons (Fsp3) is 0.692. The standard InChI is InChI=1S/C13H25OSi2.2ClH.Ti/c1-7-13(12-10-8-9-11-12)16(5,6)14-15(2,3)4;;;/h8,10,13H,7,9H2,1-6H3;2*1H;/q;;;+2/p-2. The molecule has 0 aliphatic heterocycles. The fourth-order valence-corrected chi connectivity index (χ4v) is 12.5. The number of rotatable bonds is 5. The molecule has 0 fully saturated rings. The molecule has 1 unspecified atom stereocenters. The van der Waals surface area contributed by atoms with Crippen LogP contribution >= 0.6 is 0 Å². The summed E-state index contributed by atoms with van der Waals surface area (Å²) >= 11 is 2.27. The Hall–Kier alpha value is 1.17. The van der Waals surface area contributed by atoms with Gasteiger partial charge in [0.05, 0.1) is 0 Å². The Kier molecular flexibility index (Phi) is 10.1. The molecule has 0 N–H and O–H groups in total. The van der Waals surface area contributed by atoms with Crippen LogP contribution in [0.3, 0.4) is 0 Å². The van der Waals surface area contributed by atoms with Crippen LogP contribution in [-0.2, 0) is 24.6 Å². The third kappa shape index (κ3) is 6.64. The Balaban J connectivity index is 0. The molecule has 0 heterocycles. The van der Waals surface area contributed by atoms with Crippen molar-refractivity contribution in [2.45, 2.75) is 58.0 Å². The van der Waals surface area contributed by atoms with Crippen LogP contribution in [0.2, 0.25) is 38.3 Å². The molecule has 109 valence electrons. The monoisotopic (exact) mass is 371 g/mol. The predicted molar refractivity (Wildman–Crippen MR) is 76.7 cm³/mol. The summed E-state index contributed by atoms with van der Waals surface area (Å²) in [6.45, 7) is 14.0. The van der Waals surface area contributed by atoms with E-state index in [1.807, 2.05) is 0 Å². The van der Waals surface area contributed by atoms with E-state index in [0.29, 0.717) is 5.54 Å². The van der Waals surface area contributed by atoms with Crippen molar-refractivity contribution in [2.24, 2.45) is 0 Å². The molecule has 6 heteroatoms. The Morgan fingerprint density at radius 2 is 1.74 bits per heavy atom. The zero-order valence-corrected chi connectivity index (χ0v) is 17.9. The van der Waals surface area contributed by atoms with E-state index in [1.165, 1.54) is 6.42 Å². The summed E-state index contributed by atoms with van der Waals surface area (Å²) in [5.74, 6) is 0. The molecule has 1 nitrogen and oxygen atoms in total.